The monoisotopic (exact) mass is 222 g/mol. The van der Waals surface area contributed by atoms with Gasteiger partial charge in [-0.05, 0) is 50.0 Å². The van der Waals surface area contributed by atoms with Gasteiger partial charge in [0.15, 0.2) is 0 Å². The lowest BCUT2D eigenvalue weighted by Gasteiger charge is -2.29. The van der Waals surface area contributed by atoms with Crippen LogP contribution in [0.25, 0.3) is 0 Å². The first-order valence-corrected chi connectivity index (χ1v) is 6.81. The van der Waals surface area contributed by atoms with Gasteiger partial charge in [0.1, 0.15) is 0 Å². The van der Waals surface area contributed by atoms with Crippen LogP contribution in [0, 0.1) is 17.8 Å². The van der Waals surface area contributed by atoms with Crippen LogP contribution in [-0.4, -0.2) is 37.0 Å². The van der Waals surface area contributed by atoms with Crippen molar-refractivity contribution in [3.05, 3.63) is 0 Å². The summed E-state index contributed by atoms with van der Waals surface area (Å²) in [7, 11) is 0. The lowest BCUT2D eigenvalue weighted by Crippen LogP contribution is -2.39. The maximum absolute atomic E-state index is 11.9. The summed E-state index contributed by atoms with van der Waals surface area (Å²) >= 11 is 0. The Balaban J connectivity index is 1.58. The van der Waals surface area contributed by atoms with Crippen LogP contribution in [0.2, 0.25) is 0 Å². The second kappa shape index (κ2) is 4.36. The fourth-order valence-electron chi connectivity index (χ4n) is 3.90. The van der Waals surface area contributed by atoms with Gasteiger partial charge in [0.2, 0.25) is 5.91 Å². The molecule has 0 radical (unpaired) electrons. The molecule has 1 heterocycles. The Bertz CT molecular complexity index is 279. The van der Waals surface area contributed by atoms with E-state index in [4.69, 9.17) is 0 Å². The molecule has 1 amide bonds. The number of carbonyl (C=O) groups excluding carboxylic acids is 1. The Labute approximate surface area is 97.6 Å². The molecule has 3 atom stereocenters. The highest BCUT2D eigenvalue weighted by Gasteiger charge is 2.40. The molecule has 2 bridgehead atoms. The highest BCUT2D eigenvalue weighted by atomic mass is 16.2. The van der Waals surface area contributed by atoms with Crippen LogP contribution in [0.4, 0.5) is 0 Å². The fraction of sp³-hybridized carbons (Fsp3) is 0.923. The van der Waals surface area contributed by atoms with Crippen LogP contribution < -0.4 is 5.32 Å². The highest BCUT2D eigenvalue weighted by Crippen LogP contribution is 2.48. The number of hydrogen-bond donors (Lipinski definition) is 1. The van der Waals surface area contributed by atoms with Crippen molar-refractivity contribution in [3.63, 3.8) is 0 Å². The van der Waals surface area contributed by atoms with Gasteiger partial charge in [0, 0.05) is 13.1 Å². The lowest BCUT2D eigenvalue weighted by atomic mass is 9.88. The van der Waals surface area contributed by atoms with Crippen molar-refractivity contribution in [2.45, 2.75) is 32.1 Å². The Kier molecular flexibility index (Phi) is 2.88. The molecule has 1 N–H and O–H groups in total. The van der Waals surface area contributed by atoms with E-state index in [1.54, 1.807) is 0 Å². The van der Waals surface area contributed by atoms with Gasteiger partial charge < -0.3 is 10.2 Å². The molecule has 0 spiro atoms. The molecule has 3 nitrogen and oxygen atoms in total. The van der Waals surface area contributed by atoms with Crippen molar-refractivity contribution in [1.82, 2.24) is 10.2 Å². The van der Waals surface area contributed by atoms with Crippen LogP contribution in [0.1, 0.15) is 32.1 Å². The summed E-state index contributed by atoms with van der Waals surface area (Å²) in [6.07, 6.45) is 6.84. The maximum Gasteiger partial charge on any atom is 0.236 e. The second-order valence-corrected chi connectivity index (χ2v) is 5.81. The molecule has 0 aromatic carbocycles. The summed E-state index contributed by atoms with van der Waals surface area (Å²) < 4.78 is 0. The molecule has 1 aliphatic heterocycles. The van der Waals surface area contributed by atoms with Crippen molar-refractivity contribution >= 4 is 5.91 Å². The minimum Gasteiger partial charge on any atom is -0.341 e. The molecule has 16 heavy (non-hydrogen) atoms. The number of nitrogens with one attached hydrogen (secondary N) is 1. The third-order valence-electron chi connectivity index (χ3n) is 4.75. The highest BCUT2D eigenvalue weighted by molar-refractivity contribution is 5.78. The zero-order valence-electron chi connectivity index (χ0n) is 9.95. The predicted molar refractivity (Wildman–Crippen MR) is 63.0 cm³/mol. The van der Waals surface area contributed by atoms with Crippen molar-refractivity contribution in [2.75, 3.05) is 26.2 Å². The Morgan fingerprint density at radius 2 is 2.25 bits per heavy atom. The van der Waals surface area contributed by atoms with E-state index in [2.05, 4.69) is 10.2 Å². The molecule has 3 heteroatoms. The largest absolute Gasteiger partial charge is 0.341 e. The number of carbonyl (C=O) groups is 1. The summed E-state index contributed by atoms with van der Waals surface area (Å²) in [6, 6.07) is 0. The van der Waals surface area contributed by atoms with E-state index in [-0.39, 0.29) is 0 Å². The van der Waals surface area contributed by atoms with Crippen LogP contribution in [0.5, 0.6) is 0 Å². The summed E-state index contributed by atoms with van der Waals surface area (Å²) in [5.74, 6) is 3.07. The predicted octanol–water partition coefficient (Wildman–Crippen LogP) is 1.24. The van der Waals surface area contributed by atoms with E-state index in [9.17, 15) is 4.79 Å². The van der Waals surface area contributed by atoms with Crippen LogP contribution in [0.15, 0.2) is 0 Å². The summed E-state index contributed by atoms with van der Waals surface area (Å²) in [5.41, 5.74) is 0. The van der Waals surface area contributed by atoms with Crippen LogP contribution in [-0.2, 0) is 4.79 Å². The third kappa shape index (κ3) is 1.97. The molecule has 0 aromatic heterocycles. The van der Waals surface area contributed by atoms with E-state index in [0.29, 0.717) is 12.5 Å². The van der Waals surface area contributed by atoms with E-state index in [1.807, 2.05) is 0 Å². The lowest BCUT2D eigenvalue weighted by molar-refractivity contribution is -0.130. The molecule has 90 valence electrons. The molecule has 2 aliphatic carbocycles. The molecule has 2 saturated carbocycles. The van der Waals surface area contributed by atoms with Crippen molar-refractivity contribution < 1.29 is 4.79 Å². The Morgan fingerprint density at radius 3 is 3.00 bits per heavy atom. The van der Waals surface area contributed by atoms with Gasteiger partial charge in [-0.25, -0.2) is 0 Å². The SMILES string of the molecule is O=C1CNCCCN1CC1CC2CCC1C2. The summed E-state index contributed by atoms with van der Waals surface area (Å²) in [4.78, 5) is 14.0. The zero-order valence-corrected chi connectivity index (χ0v) is 9.95. The fourth-order valence-corrected chi connectivity index (χ4v) is 3.90. The smallest absolute Gasteiger partial charge is 0.236 e. The average Bonchev–Trinajstić information content (AvgIpc) is 2.83. The molecule has 3 rings (SSSR count). The van der Waals surface area contributed by atoms with Crippen molar-refractivity contribution in [3.8, 4) is 0 Å². The van der Waals surface area contributed by atoms with E-state index < -0.39 is 0 Å². The van der Waals surface area contributed by atoms with Gasteiger partial charge in [0.25, 0.3) is 0 Å². The normalized spacial score (nSPS) is 39.1. The average molecular weight is 222 g/mol. The minimum absolute atomic E-state index is 0.320. The second-order valence-electron chi connectivity index (χ2n) is 5.81. The third-order valence-corrected chi connectivity index (χ3v) is 4.75. The van der Waals surface area contributed by atoms with Gasteiger partial charge >= 0.3 is 0 Å². The van der Waals surface area contributed by atoms with E-state index in [1.165, 1.54) is 25.7 Å². The first-order valence-electron chi connectivity index (χ1n) is 6.81. The molecule has 1 saturated heterocycles. The topological polar surface area (TPSA) is 32.3 Å². The summed E-state index contributed by atoms with van der Waals surface area (Å²) in [6.45, 7) is 3.57. The van der Waals surface area contributed by atoms with Crippen LogP contribution in [0.3, 0.4) is 0 Å². The van der Waals surface area contributed by atoms with Crippen molar-refractivity contribution in [2.24, 2.45) is 17.8 Å². The van der Waals surface area contributed by atoms with Crippen molar-refractivity contribution in [1.29, 1.82) is 0 Å². The first kappa shape index (κ1) is 10.6. The van der Waals surface area contributed by atoms with Gasteiger partial charge in [-0.3, -0.25) is 4.79 Å². The molecule has 0 aromatic rings. The maximum atomic E-state index is 11.9. The molecular formula is C13H22N2O. The Morgan fingerprint density at radius 1 is 1.31 bits per heavy atom. The van der Waals surface area contributed by atoms with E-state index in [0.717, 1.165) is 43.8 Å². The quantitative estimate of drug-likeness (QED) is 0.762. The molecule has 3 fully saturated rings. The van der Waals surface area contributed by atoms with Gasteiger partial charge in [-0.1, -0.05) is 6.42 Å². The zero-order chi connectivity index (χ0) is 11.0. The van der Waals surface area contributed by atoms with Gasteiger partial charge in [0.05, 0.1) is 6.54 Å². The van der Waals surface area contributed by atoms with Gasteiger partial charge in [-0.2, -0.15) is 0 Å². The number of nitrogens with zero attached hydrogens (tertiary/aromatic N) is 1. The number of amides is 1. The number of fused-ring (bicyclic) bond motifs is 2. The minimum atomic E-state index is 0.320. The first-order chi connectivity index (χ1) is 7.83. The van der Waals surface area contributed by atoms with Gasteiger partial charge in [-0.15, -0.1) is 0 Å². The number of rotatable bonds is 2. The van der Waals surface area contributed by atoms with Crippen LogP contribution >= 0.6 is 0 Å². The molecular weight excluding hydrogens is 200 g/mol. The standard InChI is InChI=1S/C13H22N2O/c16-13-8-14-4-1-5-15(13)9-12-7-10-2-3-11(12)6-10/h10-12,14H,1-9H2. The number of hydrogen-bond acceptors (Lipinski definition) is 2. The Hall–Kier alpha value is -0.570. The molecule has 3 aliphatic rings. The summed E-state index contributed by atoms with van der Waals surface area (Å²) in [5, 5.41) is 3.19. The molecule has 3 unspecified atom stereocenters. The van der Waals surface area contributed by atoms with E-state index >= 15 is 0 Å².